The average Bonchev–Trinajstić information content (AvgIpc) is 3.17. The summed E-state index contributed by atoms with van der Waals surface area (Å²) in [5.41, 5.74) is 1.73. The number of sulfone groups is 1. The maximum atomic E-state index is 13.1. The summed E-state index contributed by atoms with van der Waals surface area (Å²) < 4.78 is 37.6. The SMILES string of the molecule is CN(c1ncnc2cc(-c3ccc(F)cc3)sc12)C1CCS(=O)(=O)C1. The Morgan fingerprint density at radius 3 is 2.68 bits per heavy atom. The lowest BCUT2D eigenvalue weighted by molar-refractivity contribution is 0.600. The fourth-order valence-corrected chi connectivity index (χ4v) is 6.03. The van der Waals surface area contributed by atoms with E-state index in [0.29, 0.717) is 6.42 Å². The summed E-state index contributed by atoms with van der Waals surface area (Å²) >= 11 is 1.53. The van der Waals surface area contributed by atoms with Crippen LogP contribution in [0.5, 0.6) is 0 Å². The van der Waals surface area contributed by atoms with Crippen LogP contribution in [0.15, 0.2) is 36.7 Å². The van der Waals surface area contributed by atoms with Crippen LogP contribution in [0.25, 0.3) is 20.7 Å². The molecule has 3 heterocycles. The van der Waals surface area contributed by atoms with E-state index in [9.17, 15) is 12.8 Å². The highest BCUT2D eigenvalue weighted by Gasteiger charge is 2.32. The molecule has 130 valence electrons. The number of hydrogen-bond acceptors (Lipinski definition) is 6. The molecule has 8 heteroatoms. The Kier molecular flexibility index (Phi) is 3.96. The number of benzene rings is 1. The lowest BCUT2D eigenvalue weighted by Crippen LogP contribution is -2.33. The molecule has 0 bridgehead atoms. The molecule has 1 atom stereocenters. The van der Waals surface area contributed by atoms with Crippen LogP contribution in [0.2, 0.25) is 0 Å². The highest BCUT2D eigenvalue weighted by molar-refractivity contribution is 7.91. The summed E-state index contributed by atoms with van der Waals surface area (Å²) in [6, 6.07) is 8.22. The largest absolute Gasteiger partial charge is 0.354 e. The Morgan fingerprint density at radius 1 is 1.24 bits per heavy atom. The van der Waals surface area contributed by atoms with Crippen LogP contribution in [-0.4, -0.2) is 43.0 Å². The first-order chi connectivity index (χ1) is 11.9. The van der Waals surface area contributed by atoms with Gasteiger partial charge in [-0.15, -0.1) is 11.3 Å². The highest BCUT2D eigenvalue weighted by atomic mass is 32.2. The Labute approximate surface area is 149 Å². The third kappa shape index (κ3) is 3.11. The van der Waals surface area contributed by atoms with Crippen molar-refractivity contribution in [1.29, 1.82) is 0 Å². The Hall–Kier alpha value is -2.06. The molecule has 1 fully saturated rings. The fraction of sp³-hybridized carbons (Fsp3) is 0.294. The second-order valence-electron chi connectivity index (χ2n) is 6.20. The molecule has 0 radical (unpaired) electrons. The summed E-state index contributed by atoms with van der Waals surface area (Å²) in [7, 11) is -1.08. The third-order valence-corrected chi connectivity index (χ3v) is 7.43. The van der Waals surface area contributed by atoms with E-state index in [0.717, 1.165) is 26.5 Å². The molecule has 0 amide bonds. The van der Waals surface area contributed by atoms with E-state index < -0.39 is 9.84 Å². The van der Waals surface area contributed by atoms with Gasteiger partial charge < -0.3 is 4.90 Å². The molecule has 0 aliphatic carbocycles. The predicted octanol–water partition coefficient (Wildman–Crippen LogP) is 3.12. The van der Waals surface area contributed by atoms with Crippen molar-refractivity contribution in [1.82, 2.24) is 9.97 Å². The number of halogens is 1. The van der Waals surface area contributed by atoms with E-state index in [1.165, 1.54) is 29.8 Å². The number of aromatic nitrogens is 2. The quantitative estimate of drug-likeness (QED) is 0.702. The minimum atomic E-state index is -2.96. The molecule has 1 aliphatic rings. The van der Waals surface area contributed by atoms with Crippen molar-refractivity contribution in [3.8, 4) is 10.4 Å². The van der Waals surface area contributed by atoms with Gasteiger partial charge in [-0.3, -0.25) is 0 Å². The average molecular weight is 377 g/mol. The summed E-state index contributed by atoms with van der Waals surface area (Å²) in [5, 5.41) is 0. The van der Waals surface area contributed by atoms with E-state index in [-0.39, 0.29) is 23.4 Å². The summed E-state index contributed by atoms with van der Waals surface area (Å²) in [6.45, 7) is 0. The zero-order valence-corrected chi connectivity index (χ0v) is 15.1. The topological polar surface area (TPSA) is 63.2 Å². The standard InChI is InChI=1S/C17H16FN3O2S2/c1-21(13-6-7-25(22,23)9-13)17-16-14(19-10-20-17)8-15(24-16)11-2-4-12(18)5-3-11/h2-5,8,10,13H,6-7,9H2,1H3. The molecule has 0 spiro atoms. The monoisotopic (exact) mass is 377 g/mol. The molecule has 1 saturated heterocycles. The van der Waals surface area contributed by atoms with Crippen molar-refractivity contribution in [3.05, 3.63) is 42.5 Å². The maximum Gasteiger partial charge on any atom is 0.152 e. The third-order valence-electron chi connectivity index (χ3n) is 4.51. The van der Waals surface area contributed by atoms with Crippen molar-refractivity contribution in [2.24, 2.45) is 0 Å². The zero-order valence-electron chi connectivity index (χ0n) is 13.5. The minimum Gasteiger partial charge on any atom is -0.354 e. The van der Waals surface area contributed by atoms with Gasteiger partial charge in [-0.2, -0.15) is 0 Å². The van der Waals surface area contributed by atoms with Crippen molar-refractivity contribution in [2.45, 2.75) is 12.5 Å². The Balaban J connectivity index is 1.74. The first-order valence-corrected chi connectivity index (χ1v) is 10.5. The summed E-state index contributed by atoms with van der Waals surface area (Å²) in [5.74, 6) is 0.852. The molecule has 25 heavy (non-hydrogen) atoms. The number of fused-ring (bicyclic) bond motifs is 1. The van der Waals surface area contributed by atoms with Crippen LogP contribution in [0.4, 0.5) is 10.2 Å². The Bertz CT molecular complexity index is 1030. The fourth-order valence-electron chi connectivity index (χ4n) is 3.10. The van der Waals surface area contributed by atoms with Gasteiger partial charge >= 0.3 is 0 Å². The van der Waals surface area contributed by atoms with Gasteiger partial charge in [0.1, 0.15) is 18.0 Å². The molecule has 0 saturated carbocycles. The molecular formula is C17H16FN3O2S2. The van der Waals surface area contributed by atoms with Gasteiger partial charge in [0.2, 0.25) is 0 Å². The summed E-state index contributed by atoms with van der Waals surface area (Å²) in [4.78, 5) is 11.6. The van der Waals surface area contributed by atoms with Gasteiger partial charge in [-0.25, -0.2) is 22.8 Å². The van der Waals surface area contributed by atoms with Gasteiger partial charge in [0.25, 0.3) is 0 Å². The molecule has 5 nitrogen and oxygen atoms in total. The lowest BCUT2D eigenvalue weighted by atomic mass is 10.2. The van der Waals surface area contributed by atoms with Gasteiger partial charge in [0.15, 0.2) is 9.84 Å². The molecule has 1 aliphatic heterocycles. The molecule has 1 unspecified atom stereocenters. The van der Waals surface area contributed by atoms with Crippen LogP contribution in [0, 0.1) is 5.82 Å². The minimum absolute atomic E-state index is 0.0699. The number of anilines is 1. The molecule has 2 aromatic heterocycles. The second-order valence-corrected chi connectivity index (χ2v) is 9.48. The molecular weight excluding hydrogens is 361 g/mol. The molecule has 3 aromatic rings. The first kappa shape index (κ1) is 16.4. The van der Waals surface area contributed by atoms with Crippen LogP contribution in [-0.2, 0) is 9.84 Å². The van der Waals surface area contributed by atoms with Crippen molar-refractivity contribution in [3.63, 3.8) is 0 Å². The lowest BCUT2D eigenvalue weighted by Gasteiger charge is -2.24. The van der Waals surface area contributed by atoms with E-state index in [2.05, 4.69) is 9.97 Å². The smallest absolute Gasteiger partial charge is 0.152 e. The van der Waals surface area contributed by atoms with Gasteiger partial charge in [0, 0.05) is 18.0 Å². The number of nitrogens with zero attached hydrogens (tertiary/aromatic N) is 3. The number of thiophene rings is 1. The van der Waals surface area contributed by atoms with Crippen molar-refractivity contribution < 1.29 is 12.8 Å². The van der Waals surface area contributed by atoms with E-state index in [1.807, 2.05) is 18.0 Å². The van der Waals surface area contributed by atoms with Gasteiger partial charge in [-0.05, 0) is 30.2 Å². The highest BCUT2D eigenvalue weighted by Crippen LogP contribution is 2.37. The number of hydrogen-bond donors (Lipinski definition) is 0. The first-order valence-electron chi connectivity index (χ1n) is 7.87. The van der Waals surface area contributed by atoms with Gasteiger partial charge in [0.05, 0.1) is 21.7 Å². The van der Waals surface area contributed by atoms with E-state index in [1.54, 1.807) is 12.1 Å². The van der Waals surface area contributed by atoms with Crippen LogP contribution >= 0.6 is 11.3 Å². The zero-order chi connectivity index (χ0) is 17.6. The molecule has 0 N–H and O–H groups in total. The molecule has 1 aromatic carbocycles. The van der Waals surface area contributed by atoms with Crippen LogP contribution in [0.1, 0.15) is 6.42 Å². The Morgan fingerprint density at radius 2 is 2.00 bits per heavy atom. The normalized spacial score (nSPS) is 19.4. The summed E-state index contributed by atoms with van der Waals surface area (Å²) in [6.07, 6.45) is 2.11. The van der Waals surface area contributed by atoms with Crippen molar-refractivity contribution >= 4 is 37.2 Å². The van der Waals surface area contributed by atoms with E-state index >= 15 is 0 Å². The van der Waals surface area contributed by atoms with Gasteiger partial charge in [-0.1, -0.05) is 12.1 Å². The number of rotatable bonds is 3. The van der Waals surface area contributed by atoms with E-state index in [4.69, 9.17) is 0 Å². The van der Waals surface area contributed by atoms with Crippen LogP contribution < -0.4 is 4.90 Å². The second kappa shape index (κ2) is 6.03. The van der Waals surface area contributed by atoms with Crippen molar-refractivity contribution in [2.75, 3.05) is 23.5 Å². The molecule has 4 rings (SSSR count). The predicted molar refractivity (Wildman–Crippen MR) is 98.3 cm³/mol. The van der Waals surface area contributed by atoms with Crippen LogP contribution in [0.3, 0.4) is 0 Å². The maximum absolute atomic E-state index is 13.1.